The lowest BCUT2D eigenvalue weighted by atomic mass is 10.2. The van der Waals surface area contributed by atoms with Crippen molar-refractivity contribution in [3.05, 3.63) is 60.4 Å². The van der Waals surface area contributed by atoms with Gasteiger partial charge in [-0.1, -0.05) is 49.7 Å². The minimum absolute atomic E-state index is 0.239. The molecule has 4 rings (SSSR count). The minimum atomic E-state index is -4.07. The molecule has 2 heterocycles. The predicted octanol–water partition coefficient (Wildman–Crippen LogP) is 5.62. The van der Waals surface area contributed by atoms with E-state index < -0.39 is 25.9 Å². The van der Waals surface area contributed by atoms with Gasteiger partial charge in [-0.05, 0) is 45.4 Å². The molecule has 2 aromatic heterocycles. The van der Waals surface area contributed by atoms with E-state index in [0.717, 1.165) is 29.3 Å². The molecule has 3 atom stereocenters. The maximum Gasteiger partial charge on any atom is 0.459 e. The van der Waals surface area contributed by atoms with E-state index in [1.807, 2.05) is 48.7 Å². The number of nitrogens with two attached hydrogens (primary N) is 1. The Hall–Kier alpha value is -3.50. The van der Waals surface area contributed by atoms with Gasteiger partial charge in [0.1, 0.15) is 29.7 Å². The third-order valence-electron chi connectivity index (χ3n) is 6.30. The number of rotatable bonds is 15. The standard InChI is InChI=1S/C29H38N5O6P/c1-5-7-17-38-29(35)21(4)33-41(36,40-22-13-9-8-10-14-22)39-20(3)18-34-25(19-37-6-2)32-26-27(34)23-15-11-12-16-24(23)31-28(26)30/h8-16,20-21H,5-7,17-19H2,1-4H3,(H2,30,31)(H,33,36)/t20-,21+,41-/m1/s1. The molecule has 0 aliphatic rings. The molecule has 0 saturated heterocycles. The number of nitrogens with zero attached hydrogens (tertiary/aromatic N) is 3. The summed E-state index contributed by atoms with van der Waals surface area (Å²) >= 11 is 0. The van der Waals surface area contributed by atoms with Gasteiger partial charge >= 0.3 is 13.7 Å². The maximum absolute atomic E-state index is 14.1. The molecule has 0 spiro atoms. The monoisotopic (exact) mass is 583 g/mol. The molecule has 12 heteroatoms. The summed E-state index contributed by atoms with van der Waals surface area (Å²) < 4.78 is 39.0. The Labute approximate surface area is 239 Å². The smallest absolute Gasteiger partial charge is 0.459 e. The lowest BCUT2D eigenvalue weighted by Gasteiger charge is -2.26. The van der Waals surface area contributed by atoms with Crippen LogP contribution in [0, 0.1) is 0 Å². The molecule has 4 aromatic rings. The molecule has 0 unspecified atom stereocenters. The molecule has 0 bridgehead atoms. The first-order chi connectivity index (χ1) is 19.7. The highest BCUT2D eigenvalue weighted by Gasteiger charge is 2.34. The number of hydrogen-bond acceptors (Lipinski definition) is 9. The fourth-order valence-corrected chi connectivity index (χ4v) is 6.04. The average Bonchev–Trinajstić information content (AvgIpc) is 3.30. The van der Waals surface area contributed by atoms with Crippen molar-refractivity contribution in [1.29, 1.82) is 0 Å². The molecular formula is C29H38N5O6P. The Balaban J connectivity index is 1.65. The summed E-state index contributed by atoms with van der Waals surface area (Å²) in [5.74, 6) is 0.721. The predicted molar refractivity (Wildman–Crippen MR) is 158 cm³/mol. The van der Waals surface area contributed by atoms with Crippen LogP contribution >= 0.6 is 7.75 Å². The molecule has 11 nitrogen and oxygen atoms in total. The highest BCUT2D eigenvalue weighted by molar-refractivity contribution is 7.52. The molecule has 0 amide bonds. The first-order valence-electron chi connectivity index (χ1n) is 13.8. The van der Waals surface area contributed by atoms with Crippen molar-refractivity contribution in [2.45, 2.75) is 65.8 Å². The highest BCUT2D eigenvalue weighted by Crippen LogP contribution is 2.46. The number of fused-ring (bicyclic) bond motifs is 3. The number of nitrogen functional groups attached to an aromatic ring is 1. The summed E-state index contributed by atoms with van der Waals surface area (Å²) in [6.07, 6.45) is 0.963. The molecule has 3 N–H and O–H groups in total. The number of anilines is 1. The minimum Gasteiger partial charge on any atom is -0.465 e. The molecule has 0 fully saturated rings. The topological polar surface area (TPSA) is 140 Å². The summed E-state index contributed by atoms with van der Waals surface area (Å²) in [5.41, 5.74) is 8.36. The van der Waals surface area contributed by atoms with Crippen molar-refractivity contribution in [3.63, 3.8) is 0 Å². The van der Waals surface area contributed by atoms with Crippen molar-refractivity contribution in [1.82, 2.24) is 19.6 Å². The number of pyridine rings is 1. The number of aromatic nitrogens is 3. The summed E-state index contributed by atoms with van der Waals surface area (Å²) in [5, 5.41) is 3.63. The Morgan fingerprint density at radius 1 is 1.07 bits per heavy atom. The second kappa shape index (κ2) is 13.9. The Bertz CT molecular complexity index is 1510. The van der Waals surface area contributed by atoms with Crippen molar-refractivity contribution in [3.8, 4) is 5.75 Å². The van der Waals surface area contributed by atoms with Crippen LogP contribution in [0.25, 0.3) is 21.9 Å². The van der Waals surface area contributed by atoms with Gasteiger partial charge in [-0.15, -0.1) is 0 Å². The lowest BCUT2D eigenvalue weighted by Crippen LogP contribution is -2.36. The third-order valence-corrected chi connectivity index (χ3v) is 8.09. The number of benzene rings is 2. The van der Waals surface area contributed by atoms with Gasteiger partial charge in [0.15, 0.2) is 5.82 Å². The molecule has 41 heavy (non-hydrogen) atoms. The maximum atomic E-state index is 14.1. The van der Waals surface area contributed by atoms with Gasteiger partial charge in [-0.3, -0.25) is 9.32 Å². The van der Waals surface area contributed by atoms with E-state index in [1.54, 1.807) is 38.1 Å². The third kappa shape index (κ3) is 7.62. The first-order valence-corrected chi connectivity index (χ1v) is 15.4. The number of hydrogen-bond donors (Lipinski definition) is 2. The second-order valence-electron chi connectivity index (χ2n) is 9.68. The first kappa shape index (κ1) is 30.5. The summed E-state index contributed by atoms with van der Waals surface area (Å²) in [6.45, 7) is 8.51. The van der Waals surface area contributed by atoms with Gasteiger partial charge in [0, 0.05) is 12.0 Å². The average molecular weight is 584 g/mol. The van der Waals surface area contributed by atoms with Crippen LogP contribution in [0.4, 0.5) is 5.82 Å². The fraction of sp³-hybridized carbons (Fsp3) is 0.414. The summed E-state index contributed by atoms with van der Waals surface area (Å²) in [7, 11) is -4.07. The van der Waals surface area contributed by atoms with Gasteiger partial charge < -0.3 is 24.3 Å². The van der Waals surface area contributed by atoms with Gasteiger partial charge in [0.25, 0.3) is 0 Å². The van der Waals surface area contributed by atoms with Gasteiger partial charge in [-0.25, -0.2) is 14.5 Å². The number of imidazole rings is 1. The quantitative estimate of drug-likeness (QED) is 0.103. The number of carbonyl (C=O) groups excluding carboxylic acids is 1. The Morgan fingerprint density at radius 3 is 2.54 bits per heavy atom. The zero-order chi connectivity index (χ0) is 29.4. The van der Waals surface area contributed by atoms with E-state index in [2.05, 4.69) is 10.1 Å². The van der Waals surface area contributed by atoms with Crippen LogP contribution in [0.15, 0.2) is 54.6 Å². The van der Waals surface area contributed by atoms with Crippen molar-refractivity contribution < 1.29 is 27.9 Å². The van der Waals surface area contributed by atoms with Gasteiger partial charge in [0.05, 0.1) is 30.3 Å². The zero-order valence-electron chi connectivity index (χ0n) is 23.9. The normalized spacial score (nSPS) is 14.5. The molecule has 0 aliphatic carbocycles. The van der Waals surface area contributed by atoms with Crippen molar-refractivity contribution in [2.24, 2.45) is 0 Å². The zero-order valence-corrected chi connectivity index (χ0v) is 24.8. The number of carbonyl (C=O) groups is 1. The van der Waals surface area contributed by atoms with Crippen LogP contribution in [0.2, 0.25) is 0 Å². The number of esters is 1. The van der Waals surface area contributed by atoms with Crippen LogP contribution in [0.5, 0.6) is 5.75 Å². The van der Waals surface area contributed by atoms with Crippen molar-refractivity contribution >= 4 is 41.5 Å². The van der Waals surface area contributed by atoms with Gasteiger partial charge in [-0.2, -0.15) is 5.09 Å². The summed E-state index contributed by atoms with van der Waals surface area (Å²) in [4.78, 5) is 21.8. The molecular weight excluding hydrogens is 545 g/mol. The summed E-state index contributed by atoms with van der Waals surface area (Å²) in [6, 6.07) is 15.4. The van der Waals surface area contributed by atoms with Crippen LogP contribution in [-0.4, -0.2) is 45.9 Å². The Kier molecular flexibility index (Phi) is 10.3. The van der Waals surface area contributed by atoms with E-state index in [9.17, 15) is 9.36 Å². The van der Waals surface area contributed by atoms with Crippen LogP contribution in [0.3, 0.4) is 0 Å². The van der Waals surface area contributed by atoms with E-state index in [0.29, 0.717) is 29.5 Å². The van der Waals surface area contributed by atoms with E-state index in [1.165, 1.54) is 0 Å². The van der Waals surface area contributed by atoms with Crippen LogP contribution < -0.4 is 15.3 Å². The van der Waals surface area contributed by atoms with Crippen molar-refractivity contribution in [2.75, 3.05) is 18.9 Å². The van der Waals surface area contributed by atoms with E-state index >= 15 is 0 Å². The number of para-hydroxylation sites is 2. The molecule has 220 valence electrons. The second-order valence-corrected chi connectivity index (χ2v) is 11.3. The Morgan fingerprint density at radius 2 is 1.80 bits per heavy atom. The van der Waals surface area contributed by atoms with Crippen LogP contribution in [-0.2, 0) is 36.5 Å². The number of unbranched alkanes of at least 4 members (excludes halogenated alkanes) is 1. The molecule has 0 aliphatic heterocycles. The number of nitrogens with one attached hydrogen (secondary N) is 1. The lowest BCUT2D eigenvalue weighted by molar-refractivity contribution is -0.145. The SMILES string of the molecule is CCCCOC(=O)[C@H](C)N[P@](=O)(Oc1ccccc1)O[C@H](C)Cn1c(COCC)nc2c(N)nc3ccccc3c21. The van der Waals surface area contributed by atoms with E-state index in [4.69, 9.17) is 29.2 Å². The molecule has 0 saturated carbocycles. The largest absolute Gasteiger partial charge is 0.465 e. The van der Waals surface area contributed by atoms with Gasteiger partial charge in [0.2, 0.25) is 0 Å². The van der Waals surface area contributed by atoms with Crippen LogP contribution in [0.1, 0.15) is 46.4 Å². The molecule has 0 radical (unpaired) electrons. The number of ether oxygens (including phenoxy) is 2. The van der Waals surface area contributed by atoms with E-state index in [-0.39, 0.29) is 19.8 Å². The molecule has 2 aromatic carbocycles. The highest BCUT2D eigenvalue weighted by atomic mass is 31.2. The fourth-order valence-electron chi connectivity index (χ4n) is 4.36.